The Morgan fingerprint density at radius 1 is 1.60 bits per heavy atom. The molecule has 0 spiro atoms. The molecule has 0 unspecified atom stereocenters. The van der Waals surface area contributed by atoms with E-state index in [0.717, 1.165) is 12.4 Å². The molecule has 3 nitrogen and oxygen atoms in total. The van der Waals surface area contributed by atoms with Crippen molar-refractivity contribution >= 4 is 5.82 Å². The monoisotopic (exact) mass is 137 g/mol. The van der Waals surface area contributed by atoms with Gasteiger partial charge < -0.3 is 0 Å². The van der Waals surface area contributed by atoms with Crippen molar-refractivity contribution in [2.24, 2.45) is 5.84 Å². The molecule has 0 saturated carbocycles. The number of hydrazine groups is 1. The lowest BCUT2D eigenvalue weighted by Crippen LogP contribution is -2.30. The number of hydrogen-bond donors (Lipinski definition) is 1. The number of pyridine rings is 1. The Hall–Kier alpha value is -1.09. The Bertz CT molecular complexity index is 185. The Morgan fingerprint density at radius 2 is 2.40 bits per heavy atom. The summed E-state index contributed by atoms with van der Waals surface area (Å²) in [4.78, 5) is 4.05. The largest absolute Gasteiger partial charge is 0.295 e. The van der Waals surface area contributed by atoms with E-state index in [1.165, 1.54) is 0 Å². The molecule has 1 rings (SSSR count). The van der Waals surface area contributed by atoms with Crippen LogP contribution in [0.4, 0.5) is 5.82 Å². The minimum Gasteiger partial charge on any atom is -0.295 e. The topological polar surface area (TPSA) is 42.1 Å². The molecule has 1 heterocycles. The highest BCUT2D eigenvalue weighted by Crippen LogP contribution is 2.02. The van der Waals surface area contributed by atoms with Gasteiger partial charge in [-0.3, -0.25) is 5.01 Å². The highest BCUT2D eigenvalue weighted by atomic mass is 15.4. The molecular weight excluding hydrogens is 126 g/mol. The molecule has 0 aliphatic heterocycles. The first kappa shape index (κ1) is 7.02. The van der Waals surface area contributed by atoms with E-state index in [1.54, 1.807) is 11.2 Å². The molecule has 0 bridgehead atoms. The van der Waals surface area contributed by atoms with Crippen molar-refractivity contribution in [1.29, 1.82) is 0 Å². The summed E-state index contributed by atoms with van der Waals surface area (Å²) in [6, 6.07) is 5.66. The summed E-state index contributed by atoms with van der Waals surface area (Å²) in [5, 5.41) is 1.60. The van der Waals surface area contributed by atoms with Gasteiger partial charge >= 0.3 is 0 Å². The first-order valence-electron chi connectivity index (χ1n) is 3.28. The van der Waals surface area contributed by atoms with Crippen LogP contribution in [0.3, 0.4) is 0 Å². The SMILES string of the molecule is CCN(N)c1ccccn1. The second kappa shape index (κ2) is 3.17. The molecule has 0 amide bonds. The molecule has 10 heavy (non-hydrogen) atoms. The summed E-state index contributed by atoms with van der Waals surface area (Å²) in [6.45, 7) is 2.76. The van der Waals surface area contributed by atoms with Gasteiger partial charge in [0.2, 0.25) is 0 Å². The molecule has 1 aromatic rings. The van der Waals surface area contributed by atoms with Gasteiger partial charge in [0.15, 0.2) is 0 Å². The van der Waals surface area contributed by atoms with Gasteiger partial charge in [0.1, 0.15) is 5.82 Å². The van der Waals surface area contributed by atoms with Gasteiger partial charge in [0.05, 0.1) is 0 Å². The van der Waals surface area contributed by atoms with Gasteiger partial charge in [-0.05, 0) is 19.1 Å². The van der Waals surface area contributed by atoms with Gasteiger partial charge in [-0.2, -0.15) is 0 Å². The Labute approximate surface area is 60.5 Å². The molecule has 0 aliphatic rings. The van der Waals surface area contributed by atoms with Crippen LogP contribution in [0.1, 0.15) is 6.92 Å². The standard InChI is InChI=1S/C7H11N3/c1-2-10(8)7-5-3-4-6-9-7/h3-6H,2,8H2,1H3. The van der Waals surface area contributed by atoms with Crippen LogP contribution in [0.15, 0.2) is 24.4 Å². The average molecular weight is 137 g/mol. The number of hydrogen-bond acceptors (Lipinski definition) is 3. The van der Waals surface area contributed by atoms with Gasteiger partial charge in [-0.25, -0.2) is 10.8 Å². The van der Waals surface area contributed by atoms with E-state index >= 15 is 0 Å². The summed E-state index contributed by atoms with van der Waals surface area (Å²) in [5.74, 6) is 6.38. The maximum atomic E-state index is 5.57. The predicted octanol–water partition coefficient (Wildman–Crippen LogP) is 0.782. The van der Waals surface area contributed by atoms with Crippen molar-refractivity contribution in [3.63, 3.8) is 0 Å². The van der Waals surface area contributed by atoms with Crippen molar-refractivity contribution < 1.29 is 0 Å². The number of rotatable bonds is 2. The molecule has 3 heteroatoms. The Balaban J connectivity index is 2.75. The van der Waals surface area contributed by atoms with Crippen LogP contribution in [0.25, 0.3) is 0 Å². The fourth-order valence-electron chi connectivity index (χ4n) is 0.686. The quantitative estimate of drug-likeness (QED) is 0.484. The summed E-state index contributed by atoms with van der Waals surface area (Å²) in [7, 11) is 0. The van der Waals surface area contributed by atoms with E-state index < -0.39 is 0 Å². The molecular formula is C7H11N3. The van der Waals surface area contributed by atoms with Gasteiger partial charge in [0.25, 0.3) is 0 Å². The van der Waals surface area contributed by atoms with Gasteiger partial charge in [-0.15, -0.1) is 0 Å². The minimum absolute atomic E-state index is 0.775. The second-order valence-electron chi connectivity index (χ2n) is 1.97. The van der Waals surface area contributed by atoms with E-state index in [0.29, 0.717) is 0 Å². The van der Waals surface area contributed by atoms with Crippen molar-refractivity contribution in [2.75, 3.05) is 11.6 Å². The molecule has 2 N–H and O–H groups in total. The lowest BCUT2D eigenvalue weighted by atomic mass is 10.4. The zero-order chi connectivity index (χ0) is 7.40. The van der Waals surface area contributed by atoms with Crippen LogP contribution < -0.4 is 10.9 Å². The predicted molar refractivity (Wildman–Crippen MR) is 41.4 cm³/mol. The fraction of sp³-hybridized carbons (Fsp3) is 0.286. The number of nitrogens with two attached hydrogens (primary N) is 1. The highest BCUT2D eigenvalue weighted by molar-refractivity contribution is 5.34. The molecule has 0 saturated heterocycles. The van der Waals surface area contributed by atoms with Gasteiger partial charge in [-0.1, -0.05) is 6.07 Å². The van der Waals surface area contributed by atoms with Crippen LogP contribution in [0, 0.1) is 0 Å². The van der Waals surface area contributed by atoms with Crippen LogP contribution in [0.2, 0.25) is 0 Å². The zero-order valence-corrected chi connectivity index (χ0v) is 5.99. The average Bonchev–Trinajstić information content (AvgIpc) is 2.05. The third kappa shape index (κ3) is 1.45. The van der Waals surface area contributed by atoms with E-state index in [9.17, 15) is 0 Å². The normalized spacial score (nSPS) is 9.40. The lowest BCUT2D eigenvalue weighted by molar-refractivity contribution is 0.868. The Morgan fingerprint density at radius 3 is 2.90 bits per heavy atom. The van der Waals surface area contributed by atoms with Crippen LogP contribution in [-0.4, -0.2) is 11.5 Å². The fourth-order valence-corrected chi connectivity index (χ4v) is 0.686. The lowest BCUT2D eigenvalue weighted by Gasteiger charge is -2.13. The molecule has 0 fully saturated rings. The van der Waals surface area contributed by atoms with Crippen molar-refractivity contribution in [3.05, 3.63) is 24.4 Å². The molecule has 0 atom stereocenters. The minimum atomic E-state index is 0.775. The summed E-state index contributed by atoms with van der Waals surface area (Å²) in [5.41, 5.74) is 0. The Kier molecular flexibility index (Phi) is 2.23. The van der Waals surface area contributed by atoms with Crippen molar-refractivity contribution in [2.45, 2.75) is 6.92 Å². The molecule has 0 aromatic carbocycles. The number of nitrogens with zero attached hydrogens (tertiary/aromatic N) is 2. The van der Waals surface area contributed by atoms with Crippen LogP contribution >= 0.6 is 0 Å². The first-order valence-corrected chi connectivity index (χ1v) is 3.28. The van der Waals surface area contributed by atoms with Crippen molar-refractivity contribution in [3.8, 4) is 0 Å². The van der Waals surface area contributed by atoms with Crippen LogP contribution in [0.5, 0.6) is 0 Å². The first-order chi connectivity index (χ1) is 4.84. The van der Waals surface area contributed by atoms with Gasteiger partial charge in [0, 0.05) is 12.7 Å². The maximum absolute atomic E-state index is 5.57. The molecule has 1 aromatic heterocycles. The van der Waals surface area contributed by atoms with Crippen molar-refractivity contribution in [1.82, 2.24) is 4.98 Å². The third-order valence-corrected chi connectivity index (χ3v) is 1.28. The van der Waals surface area contributed by atoms with E-state index in [4.69, 9.17) is 5.84 Å². The third-order valence-electron chi connectivity index (χ3n) is 1.28. The molecule has 54 valence electrons. The van der Waals surface area contributed by atoms with E-state index in [-0.39, 0.29) is 0 Å². The van der Waals surface area contributed by atoms with Crippen LogP contribution in [-0.2, 0) is 0 Å². The smallest absolute Gasteiger partial charge is 0.142 e. The highest BCUT2D eigenvalue weighted by Gasteiger charge is 1.95. The zero-order valence-electron chi connectivity index (χ0n) is 5.99. The van der Waals surface area contributed by atoms with E-state index in [2.05, 4.69) is 4.98 Å². The molecule has 0 aliphatic carbocycles. The second-order valence-corrected chi connectivity index (χ2v) is 1.97. The number of aromatic nitrogens is 1. The molecule has 0 radical (unpaired) electrons. The summed E-state index contributed by atoms with van der Waals surface area (Å²) in [6.07, 6.45) is 1.73. The summed E-state index contributed by atoms with van der Waals surface area (Å²) < 4.78 is 0. The van der Waals surface area contributed by atoms with E-state index in [1.807, 2.05) is 25.1 Å². The maximum Gasteiger partial charge on any atom is 0.142 e. The number of anilines is 1. The summed E-state index contributed by atoms with van der Waals surface area (Å²) >= 11 is 0.